The van der Waals surface area contributed by atoms with Crippen molar-refractivity contribution in [2.45, 2.75) is 39.4 Å². The van der Waals surface area contributed by atoms with Crippen LogP contribution in [0.4, 0.5) is 0 Å². The van der Waals surface area contributed by atoms with Gasteiger partial charge in [-0.1, -0.05) is 6.07 Å². The van der Waals surface area contributed by atoms with Gasteiger partial charge in [0, 0.05) is 13.1 Å². The molecule has 2 heterocycles. The van der Waals surface area contributed by atoms with Crippen molar-refractivity contribution >= 4 is 11.9 Å². The monoisotopic (exact) mass is 306 g/mol. The molecule has 6 heteroatoms. The third-order valence-corrected chi connectivity index (χ3v) is 3.72. The lowest BCUT2D eigenvalue weighted by Crippen LogP contribution is -2.40. The maximum atomic E-state index is 12.4. The molecule has 22 heavy (non-hydrogen) atoms. The van der Waals surface area contributed by atoms with Crippen LogP contribution in [0.5, 0.6) is 0 Å². The van der Waals surface area contributed by atoms with Crippen molar-refractivity contribution in [1.29, 1.82) is 0 Å². The molecule has 0 bridgehead atoms. The maximum absolute atomic E-state index is 12.4. The zero-order chi connectivity index (χ0) is 16.1. The van der Waals surface area contributed by atoms with E-state index < -0.39 is 5.97 Å². The Labute approximate surface area is 130 Å². The molecule has 0 unspecified atom stereocenters. The summed E-state index contributed by atoms with van der Waals surface area (Å²) >= 11 is 0. The fourth-order valence-corrected chi connectivity index (χ4v) is 2.42. The van der Waals surface area contributed by atoms with Crippen molar-refractivity contribution in [3.05, 3.63) is 29.6 Å². The van der Waals surface area contributed by atoms with E-state index in [1.165, 1.54) is 0 Å². The van der Waals surface area contributed by atoms with Crippen LogP contribution >= 0.6 is 0 Å². The highest BCUT2D eigenvalue weighted by molar-refractivity contribution is 5.92. The number of aliphatic carboxylic acids is 1. The highest BCUT2D eigenvalue weighted by atomic mass is 16.5. The second-order valence-corrected chi connectivity index (χ2v) is 5.78. The Kier molecular flexibility index (Phi) is 5.49. The zero-order valence-corrected chi connectivity index (χ0v) is 13.0. The van der Waals surface area contributed by atoms with E-state index in [9.17, 15) is 9.59 Å². The van der Waals surface area contributed by atoms with E-state index in [0.717, 1.165) is 5.69 Å². The number of rotatable bonds is 5. The van der Waals surface area contributed by atoms with Crippen molar-refractivity contribution in [1.82, 2.24) is 9.88 Å². The molecule has 1 aromatic rings. The quantitative estimate of drug-likeness (QED) is 0.899. The van der Waals surface area contributed by atoms with E-state index in [4.69, 9.17) is 9.84 Å². The molecule has 0 saturated carbocycles. The van der Waals surface area contributed by atoms with Crippen LogP contribution in [0.15, 0.2) is 18.2 Å². The third-order valence-electron chi connectivity index (χ3n) is 3.72. The smallest absolute Gasteiger partial charge is 0.306 e. The van der Waals surface area contributed by atoms with E-state index >= 15 is 0 Å². The first-order valence-corrected chi connectivity index (χ1v) is 7.57. The maximum Gasteiger partial charge on any atom is 0.306 e. The van der Waals surface area contributed by atoms with E-state index in [-0.39, 0.29) is 17.9 Å². The van der Waals surface area contributed by atoms with E-state index in [2.05, 4.69) is 4.98 Å². The number of nitrogens with zero attached hydrogens (tertiary/aromatic N) is 2. The van der Waals surface area contributed by atoms with Crippen LogP contribution in [0, 0.1) is 5.92 Å². The average Bonchev–Trinajstić information content (AvgIpc) is 2.52. The second-order valence-electron chi connectivity index (χ2n) is 5.78. The molecule has 0 spiro atoms. The second kappa shape index (κ2) is 7.35. The summed E-state index contributed by atoms with van der Waals surface area (Å²) in [5.74, 6) is -1.27. The minimum absolute atomic E-state index is 0.108. The van der Waals surface area contributed by atoms with Crippen molar-refractivity contribution in [3.63, 3.8) is 0 Å². The van der Waals surface area contributed by atoms with Crippen LogP contribution in [0.2, 0.25) is 0 Å². The predicted molar refractivity (Wildman–Crippen MR) is 80.4 cm³/mol. The molecular formula is C16H22N2O4. The van der Waals surface area contributed by atoms with Gasteiger partial charge >= 0.3 is 5.97 Å². The van der Waals surface area contributed by atoms with Crippen molar-refractivity contribution < 1.29 is 19.4 Å². The summed E-state index contributed by atoms with van der Waals surface area (Å²) in [4.78, 5) is 29.4. The standard InChI is InChI=1S/C16H22N2O4/c1-11(2)22-10-13-4-3-5-14(17-13)15(19)18-8-6-12(7-9-18)16(20)21/h3-5,11-12H,6-10H2,1-2H3,(H,20,21). The first-order valence-electron chi connectivity index (χ1n) is 7.57. The van der Waals surface area contributed by atoms with Crippen LogP contribution in [0.3, 0.4) is 0 Å². The van der Waals surface area contributed by atoms with Gasteiger partial charge in [0.25, 0.3) is 5.91 Å². The van der Waals surface area contributed by atoms with Crippen LogP contribution in [-0.4, -0.2) is 46.1 Å². The van der Waals surface area contributed by atoms with E-state index in [1.54, 1.807) is 17.0 Å². The van der Waals surface area contributed by atoms with Gasteiger partial charge in [-0.3, -0.25) is 9.59 Å². The molecule has 0 aromatic carbocycles. The van der Waals surface area contributed by atoms with E-state index in [0.29, 0.717) is 38.2 Å². The number of carboxylic acids is 1. The molecule has 0 aliphatic carbocycles. The molecule has 1 fully saturated rings. The van der Waals surface area contributed by atoms with Crippen LogP contribution in [0.25, 0.3) is 0 Å². The third kappa shape index (κ3) is 4.27. The molecular weight excluding hydrogens is 284 g/mol. The van der Waals surface area contributed by atoms with Crippen LogP contribution in [-0.2, 0) is 16.1 Å². The van der Waals surface area contributed by atoms with Crippen LogP contribution in [0.1, 0.15) is 42.9 Å². The molecule has 6 nitrogen and oxygen atoms in total. The van der Waals surface area contributed by atoms with Gasteiger partial charge in [-0.25, -0.2) is 4.98 Å². The van der Waals surface area contributed by atoms with Gasteiger partial charge in [-0.15, -0.1) is 0 Å². The lowest BCUT2D eigenvalue weighted by Gasteiger charge is -2.29. The van der Waals surface area contributed by atoms with Gasteiger partial charge in [-0.05, 0) is 38.8 Å². The minimum atomic E-state index is -0.780. The number of carbonyl (C=O) groups excluding carboxylic acids is 1. The average molecular weight is 306 g/mol. The fourth-order valence-electron chi connectivity index (χ4n) is 2.42. The van der Waals surface area contributed by atoms with E-state index in [1.807, 2.05) is 19.9 Å². The molecule has 1 amide bonds. The van der Waals surface area contributed by atoms with Gasteiger partial charge < -0.3 is 14.7 Å². The Morgan fingerprint density at radius 1 is 1.36 bits per heavy atom. The van der Waals surface area contributed by atoms with Crippen molar-refractivity contribution in [3.8, 4) is 0 Å². The summed E-state index contributed by atoms with van der Waals surface area (Å²) in [7, 11) is 0. The molecule has 0 atom stereocenters. The lowest BCUT2D eigenvalue weighted by atomic mass is 9.97. The summed E-state index contributed by atoms with van der Waals surface area (Å²) < 4.78 is 5.50. The minimum Gasteiger partial charge on any atom is -0.481 e. The molecule has 1 saturated heterocycles. The number of hydrogen-bond acceptors (Lipinski definition) is 4. The van der Waals surface area contributed by atoms with Gasteiger partial charge in [0.05, 0.1) is 24.3 Å². The summed E-state index contributed by atoms with van der Waals surface area (Å²) in [5, 5.41) is 8.99. The molecule has 2 rings (SSSR count). The summed E-state index contributed by atoms with van der Waals surface area (Å²) in [5.41, 5.74) is 1.11. The van der Waals surface area contributed by atoms with Gasteiger partial charge in [0.15, 0.2) is 0 Å². The number of likely N-dealkylation sites (tertiary alicyclic amines) is 1. The number of amides is 1. The van der Waals surface area contributed by atoms with Crippen molar-refractivity contribution in [2.24, 2.45) is 5.92 Å². The number of carbonyl (C=O) groups is 2. The first kappa shape index (κ1) is 16.4. The number of piperidine rings is 1. The number of pyridine rings is 1. The molecule has 120 valence electrons. The van der Waals surface area contributed by atoms with Crippen molar-refractivity contribution in [2.75, 3.05) is 13.1 Å². The fraction of sp³-hybridized carbons (Fsp3) is 0.562. The summed E-state index contributed by atoms with van der Waals surface area (Å²) in [6.45, 7) is 5.19. The normalized spacial score (nSPS) is 16.0. The Morgan fingerprint density at radius 3 is 2.64 bits per heavy atom. The molecule has 1 aliphatic rings. The summed E-state index contributed by atoms with van der Waals surface area (Å²) in [6, 6.07) is 5.31. The number of hydrogen-bond donors (Lipinski definition) is 1. The number of carboxylic acid groups (broad SMARTS) is 1. The molecule has 0 radical (unpaired) electrons. The largest absolute Gasteiger partial charge is 0.481 e. The Bertz CT molecular complexity index is 537. The molecule has 1 aliphatic heterocycles. The Hall–Kier alpha value is -1.95. The highest BCUT2D eigenvalue weighted by Gasteiger charge is 2.27. The van der Waals surface area contributed by atoms with Gasteiger partial charge in [-0.2, -0.15) is 0 Å². The Balaban J connectivity index is 1.98. The first-order chi connectivity index (χ1) is 10.5. The summed E-state index contributed by atoms with van der Waals surface area (Å²) in [6.07, 6.45) is 1.10. The SMILES string of the molecule is CC(C)OCc1cccc(C(=O)N2CCC(C(=O)O)CC2)n1. The van der Waals surface area contributed by atoms with Gasteiger partial charge in [0.1, 0.15) is 5.69 Å². The van der Waals surface area contributed by atoms with Gasteiger partial charge in [0.2, 0.25) is 0 Å². The highest BCUT2D eigenvalue weighted by Crippen LogP contribution is 2.19. The Morgan fingerprint density at radius 2 is 2.05 bits per heavy atom. The topological polar surface area (TPSA) is 79.7 Å². The van der Waals surface area contributed by atoms with Crippen LogP contribution < -0.4 is 0 Å². The predicted octanol–water partition coefficient (Wildman–Crippen LogP) is 1.94. The molecule has 1 N–H and O–H groups in total. The number of aromatic nitrogens is 1. The number of ether oxygens (including phenoxy) is 1. The molecule has 1 aromatic heterocycles. The zero-order valence-electron chi connectivity index (χ0n) is 13.0. The lowest BCUT2D eigenvalue weighted by molar-refractivity contribution is -0.143.